The topological polar surface area (TPSA) is 27.7 Å². The number of rotatable bonds is 6. The fourth-order valence-electron chi connectivity index (χ4n) is 2.99. The standard InChI is InChI=1S/C17H26O3/c1-5-6-14-8-10-15(20-14)12(2)13-7-9-16(18-3)17(11-13)19-4/h7,9,11-12,14-15H,5-6,8,10H2,1-4H3/t12-,14-,15+/m0/s1. The fraction of sp³-hybridized carbons (Fsp3) is 0.647. The summed E-state index contributed by atoms with van der Waals surface area (Å²) in [5, 5.41) is 0. The highest BCUT2D eigenvalue weighted by molar-refractivity contribution is 5.44. The van der Waals surface area contributed by atoms with E-state index >= 15 is 0 Å². The Morgan fingerprint density at radius 3 is 2.60 bits per heavy atom. The summed E-state index contributed by atoms with van der Waals surface area (Å²) in [5.74, 6) is 1.95. The first-order chi connectivity index (χ1) is 9.69. The van der Waals surface area contributed by atoms with Gasteiger partial charge in [-0.05, 0) is 37.0 Å². The molecule has 1 fully saturated rings. The van der Waals surface area contributed by atoms with Gasteiger partial charge in [0.2, 0.25) is 0 Å². The second-order valence-electron chi connectivity index (χ2n) is 5.57. The molecule has 1 aliphatic heterocycles. The van der Waals surface area contributed by atoms with Gasteiger partial charge in [-0.25, -0.2) is 0 Å². The van der Waals surface area contributed by atoms with E-state index in [0.717, 1.165) is 17.9 Å². The van der Waals surface area contributed by atoms with Crippen LogP contribution < -0.4 is 9.47 Å². The third-order valence-electron chi connectivity index (χ3n) is 4.24. The van der Waals surface area contributed by atoms with Gasteiger partial charge in [0.1, 0.15) is 0 Å². The molecule has 1 saturated heterocycles. The highest BCUT2D eigenvalue weighted by atomic mass is 16.5. The van der Waals surface area contributed by atoms with E-state index in [2.05, 4.69) is 26.0 Å². The van der Waals surface area contributed by atoms with Crippen LogP contribution >= 0.6 is 0 Å². The van der Waals surface area contributed by atoms with E-state index in [1.54, 1.807) is 14.2 Å². The SMILES string of the molecule is CCC[C@H]1CC[C@H]([C@@H](C)c2ccc(OC)c(OC)c2)O1. The average Bonchev–Trinajstić information content (AvgIpc) is 2.94. The number of ether oxygens (including phenoxy) is 3. The zero-order valence-corrected chi connectivity index (χ0v) is 13.0. The third-order valence-corrected chi connectivity index (χ3v) is 4.24. The maximum atomic E-state index is 6.18. The Bertz CT molecular complexity index is 430. The molecule has 0 bridgehead atoms. The smallest absolute Gasteiger partial charge is 0.160 e. The minimum atomic E-state index is 0.324. The maximum absolute atomic E-state index is 6.18. The normalized spacial score (nSPS) is 23.6. The summed E-state index contributed by atoms with van der Waals surface area (Å²) in [7, 11) is 3.34. The van der Waals surface area contributed by atoms with Crippen molar-refractivity contribution in [2.45, 2.75) is 57.7 Å². The summed E-state index contributed by atoms with van der Waals surface area (Å²) in [5.41, 5.74) is 1.25. The minimum absolute atomic E-state index is 0.324. The molecule has 0 amide bonds. The Morgan fingerprint density at radius 2 is 1.95 bits per heavy atom. The fourth-order valence-corrected chi connectivity index (χ4v) is 2.99. The van der Waals surface area contributed by atoms with Gasteiger partial charge in [0.15, 0.2) is 11.5 Å². The molecule has 1 aromatic carbocycles. The first kappa shape index (κ1) is 15.2. The van der Waals surface area contributed by atoms with Gasteiger partial charge in [-0.2, -0.15) is 0 Å². The molecule has 0 radical (unpaired) electrons. The van der Waals surface area contributed by atoms with Crippen LogP contribution in [0.25, 0.3) is 0 Å². The Hall–Kier alpha value is -1.22. The van der Waals surface area contributed by atoms with E-state index in [1.165, 1.54) is 24.8 Å². The summed E-state index contributed by atoms with van der Waals surface area (Å²) >= 11 is 0. The van der Waals surface area contributed by atoms with Crippen LogP contribution in [0.5, 0.6) is 11.5 Å². The Labute approximate surface area is 122 Å². The van der Waals surface area contributed by atoms with Crippen LogP contribution in [0.4, 0.5) is 0 Å². The van der Waals surface area contributed by atoms with E-state index in [0.29, 0.717) is 18.1 Å². The Kier molecular flexibility index (Phi) is 5.30. The molecule has 20 heavy (non-hydrogen) atoms. The molecule has 3 atom stereocenters. The van der Waals surface area contributed by atoms with Gasteiger partial charge in [0.05, 0.1) is 26.4 Å². The lowest BCUT2D eigenvalue weighted by atomic mass is 9.93. The second kappa shape index (κ2) is 6.98. The molecule has 1 heterocycles. The number of hydrogen-bond acceptors (Lipinski definition) is 3. The van der Waals surface area contributed by atoms with Crippen LogP contribution in [0.2, 0.25) is 0 Å². The summed E-state index contributed by atoms with van der Waals surface area (Å²) in [6, 6.07) is 6.16. The van der Waals surface area contributed by atoms with E-state index < -0.39 is 0 Å². The van der Waals surface area contributed by atoms with Crippen LogP contribution in [-0.4, -0.2) is 26.4 Å². The van der Waals surface area contributed by atoms with Gasteiger partial charge >= 0.3 is 0 Å². The number of hydrogen-bond donors (Lipinski definition) is 0. The number of methoxy groups -OCH3 is 2. The molecule has 0 spiro atoms. The zero-order valence-electron chi connectivity index (χ0n) is 13.0. The lowest BCUT2D eigenvalue weighted by Crippen LogP contribution is -2.17. The second-order valence-corrected chi connectivity index (χ2v) is 5.57. The van der Waals surface area contributed by atoms with E-state index in [4.69, 9.17) is 14.2 Å². The molecule has 0 aromatic heterocycles. The molecular formula is C17H26O3. The Balaban J connectivity index is 2.07. The van der Waals surface area contributed by atoms with Gasteiger partial charge in [-0.15, -0.1) is 0 Å². The third kappa shape index (κ3) is 3.26. The highest BCUT2D eigenvalue weighted by Gasteiger charge is 2.29. The van der Waals surface area contributed by atoms with E-state index in [1.807, 2.05) is 6.07 Å². The molecule has 3 nitrogen and oxygen atoms in total. The van der Waals surface area contributed by atoms with Gasteiger partial charge in [-0.1, -0.05) is 26.3 Å². The van der Waals surface area contributed by atoms with Crippen molar-refractivity contribution < 1.29 is 14.2 Å². The van der Waals surface area contributed by atoms with Crippen molar-refractivity contribution in [3.63, 3.8) is 0 Å². The van der Waals surface area contributed by atoms with Crippen molar-refractivity contribution in [1.29, 1.82) is 0 Å². The first-order valence-electron chi connectivity index (χ1n) is 7.57. The van der Waals surface area contributed by atoms with Crippen molar-refractivity contribution >= 4 is 0 Å². The predicted octanol–water partition coefficient (Wildman–Crippen LogP) is 4.16. The van der Waals surface area contributed by atoms with Crippen LogP contribution in [-0.2, 0) is 4.74 Å². The summed E-state index contributed by atoms with van der Waals surface area (Å²) in [6.07, 6.45) is 5.49. The van der Waals surface area contributed by atoms with Crippen LogP contribution in [0.3, 0.4) is 0 Å². The maximum Gasteiger partial charge on any atom is 0.160 e. The zero-order chi connectivity index (χ0) is 14.5. The highest BCUT2D eigenvalue weighted by Crippen LogP contribution is 2.36. The monoisotopic (exact) mass is 278 g/mol. The molecule has 0 N–H and O–H groups in total. The molecule has 0 unspecified atom stereocenters. The van der Waals surface area contributed by atoms with Crippen LogP contribution in [0.15, 0.2) is 18.2 Å². The lowest BCUT2D eigenvalue weighted by molar-refractivity contribution is 0.0281. The molecule has 0 aliphatic carbocycles. The van der Waals surface area contributed by atoms with E-state index in [-0.39, 0.29) is 0 Å². The van der Waals surface area contributed by atoms with Crippen LogP contribution in [0.1, 0.15) is 51.0 Å². The van der Waals surface area contributed by atoms with Crippen LogP contribution in [0, 0.1) is 0 Å². The quantitative estimate of drug-likeness (QED) is 0.782. The van der Waals surface area contributed by atoms with Crippen molar-refractivity contribution in [3.8, 4) is 11.5 Å². The van der Waals surface area contributed by atoms with E-state index in [9.17, 15) is 0 Å². The molecule has 1 aliphatic rings. The molecule has 2 rings (SSSR count). The van der Waals surface area contributed by atoms with Crippen molar-refractivity contribution in [3.05, 3.63) is 23.8 Å². The molecular weight excluding hydrogens is 252 g/mol. The lowest BCUT2D eigenvalue weighted by Gasteiger charge is -2.21. The van der Waals surface area contributed by atoms with Gasteiger partial charge in [0.25, 0.3) is 0 Å². The molecule has 112 valence electrons. The molecule has 1 aromatic rings. The van der Waals surface area contributed by atoms with Crippen molar-refractivity contribution in [1.82, 2.24) is 0 Å². The Morgan fingerprint density at radius 1 is 1.20 bits per heavy atom. The van der Waals surface area contributed by atoms with Gasteiger partial charge in [0, 0.05) is 5.92 Å². The molecule has 0 saturated carbocycles. The first-order valence-corrected chi connectivity index (χ1v) is 7.57. The summed E-state index contributed by atoms with van der Waals surface area (Å²) in [6.45, 7) is 4.45. The number of benzene rings is 1. The average molecular weight is 278 g/mol. The minimum Gasteiger partial charge on any atom is -0.493 e. The summed E-state index contributed by atoms with van der Waals surface area (Å²) < 4.78 is 16.8. The largest absolute Gasteiger partial charge is 0.493 e. The summed E-state index contributed by atoms with van der Waals surface area (Å²) in [4.78, 5) is 0. The predicted molar refractivity (Wildman–Crippen MR) is 80.8 cm³/mol. The van der Waals surface area contributed by atoms with Crippen molar-refractivity contribution in [2.24, 2.45) is 0 Å². The molecule has 3 heteroatoms. The van der Waals surface area contributed by atoms with Gasteiger partial charge in [-0.3, -0.25) is 0 Å². The van der Waals surface area contributed by atoms with Gasteiger partial charge < -0.3 is 14.2 Å². The van der Waals surface area contributed by atoms with Crippen molar-refractivity contribution in [2.75, 3.05) is 14.2 Å².